The summed E-state index contributed by atoms with van der Waals surface area (Å²) < 4.78 is 12.0. The molecule has 0 radical (unpaired) electrons. The van der Waals surface area contributed by atoms with Gasteiger partial charge in [0.25, 0.3) is 0 Å². The van der Waals surface area contributed by atoms with E-state index in [2.05, 4.69) is 27.9 Å². The van der Waals surface area contributed by atoms with Crippen LogP contribution in [-0.4, -0.2) is 31.0 Å². The van der Waals surface area contributed by atoms with Gasteiger partial charge in [0, 0.05) is 10.1 Å². The van der Waals surface area contributed by atoms with Gasteiger partial charge in [-0.3, -0.25) is 0 Å². The second-order valence-electron chi connectivity index (χ2n) is 3.57. The number of nitrogens with one attached hydrogen (secondary N) is 1. The van der Waals surface area contributed by atoms with Gasteiger partial charge in [-0.05, 0) is 46.7 Å². The molecule has 0 fully saturated rings. The van der Waals surface area contributed by atoms with Gasteiger partial charge in [-0.15, -0.1) is 0 Å². The summed E-state index contributed by atoms with van der Waals surface area (Å²) in [6, 6.07) is 3.84. The zero-order chi connectivity index (χ0) is 12.3. The Morgan fingerprint density at radius 3 is 2.65 bits per heavy atom. The zero-order valence-electron chi connectivity index (χ0n) is 9.03. The number of fused-ring (bicyclic) bond motifs is 1. The average molecular weight is 349 g/mol. The van der Waals surface area contributed by atoms with Crippen LogP contribution in [0.15, 0.2) is 12.1 Å². The lowest BCUT2D eigenvalue weighted by atomic mass is 10.1. The van der Waals surface area contributed by atoms with E-state index in [0.717, 1.165) is 20.6 Å². The molecule has 0 spiro atoms. The van der Waals surface area contributed by atoms with Gasteiger partial charge >= 0.3 is 6.09 Å². The summed E-state index contributed by atoms with van der Waals surface area (Å²) in [5.41, 5.74) is 1.06. The first-order valence-corrected chi connectivity index (χ1v) is 6.29. The number of benzene rings is 1. The number of halogens is 1. The summed E-state index contributed by atoms with van der Waals surface area (Å²) in [6.45, 7) is 1.52. The normalized spacial score (nSPS) is 13.2. The van der Waals surface area contributed by atoms with E-state index in [0.29, 0.717) is 26.2 Å². The molecule has 0 atom stereocenters. The van der Waals surface area contributed by atoms with Crippen LogP contribution in [0.5, 0.6) is 11.5 Å². The summed E-state index contributed by atoms with van der Waals surface area (Å²) in [5, 5.41) is 10.8. The number of carbonyl (C=O) groups is 1. The van der Waals surface area contributed by atoms with Crippen molar-refractivity contribution in [3.05, 3.63) is 21.3 Å². The van der Waals surface area contributed by atoms with Crippen molar-refractivity contribution in [2.45, 2.75) is 6.42 Å². The molecule has 1 aliphatic rings. The van der Waals surface area contributed by atoms with E-state index in [1.807, 2.05) is 12.1 Å². The Bertz CT molecular complexity index is 436. The predicted molar refractivity (Wildman–Crippen MR) is 69.9 cm³/mol. The highest BCUT2D eigenvalue weighted by Gasteiger charge is 2.14. The summed E-state index contributed by atoms with van der Waals surface area (Å²) in [4.78, 5) is 10.3. The van der Waals surface area contributed by atoms with E-state index in [-0.39, 0.29) is 0 Å². The monoisotopic (exact) mass is 349 g/mol. The minimum Gasteiger partial charge on any atom is -0.486 e. The Kier molecular flexibility index (Phi) is 3.93. The molecule has 6 heteroatoms. The van der Waals surface area contributed by atoms with Gasteiger partial charge in [0.2, 0.25) is 0 Å². The maximum absolute atomic E-state index is 10.3. The average Bonchev–Trinajstić information content (AvgIpc) is 2.29. The van der Waals surface area contributed by atoms with Crippen LogP contribution in [0.1, 0.15) is 5.56 Å². The van der Waals surface area contributed by atoms with Crippen LogP contribution >= 0.6 is 22.6 Å². The number of amides is 1. The van der Waals surface area contributed by atoms with Gasteiger partial charge in [0.15, 0.2) is 11.5 Å². The molecule has 1 aromatic carbocycles. The first-order valence-electron chi connectivity index (χ1n) is 5.21. The number of ether oxygens (including phenoxy) is 2. The fourth-order valence-corrected chi connectivity index (χ4v) is 2.31. The molecule has 1 aliphatic heterocycles. The van der Waals surface area contributed by atoms with E-state index >= 15 is 0 Å². The summed E-state index contributed by atoms with van der Waals surface area (Å²) in [6.07, 6.45) is -0.362. The van der Waals surface area contributed by atoms with E-state index < -0.39 is 6.09 Å². The van der Waals surface area contributed by atoms with Crippen LogP contribution in [0.25, 0.3) is 0 Å². The Balaban J connectivity index is 2.09. The van der Waals surface area contributed by atoms with Crippen LogP contribution in [0.2, 0.25) is 0 Å². The Morgan fingerprint density at radius 2 is 2.00 bits per heavy atom. The largest absolute Gasteiger partial charge is 0.486 e. The maximum atomic E-state index is 10.3. The fourth-order valence-electron chi connectivity index (χ4n) is 1.60. The molecule has 0 saturated carbocycles. The summed E-state index contributed by atoms with van der Waals surface area (Å²) in [7, 11) is 0. The molecular weight excluding hydrogens is 337 g/mol. The second-order valence-corrected chi connectivity index (χ2v) is 4.73. The fraction of sp³-hybridized carbons (Fsp3) is 0.364. The van der Waals surface area contributed by atoms with Crippen molar-refractivity contribution in [3.63, 3.8) is 0 Å². The molecule has 0 aliphatic carbocycles. The van der Waals surface area contributed by atoms with Crippen molar-refractivity contribution in [1.29, 1.82) is 0 Å². The van der Waals surface area contributed by atoms with Crippen molar-refractivity contribution in [3.8, 4) is 11.5 Å². The van der Waals surface area contributed by atoms with Crippen molar-refractivity contribution in [2.75, 3.05) is 19.8 Å². The van der Waals surface area contributed by atoms with E-state index in [1.54, 1.807) is 0 Å². The Labute approximate surface area is 112 Å². The van der Waals surface area contributed by atoms with Gasteiger partial charge < -0.3 is 19.9 Å². The Morgan fingerprint density at radius 1 is 1.35 bits per heavy atom. The van der Waals surface area contributed by atoms with Gasteiger partial charge in [-0.2, -0.15) is 0 Å². The van der Waals surface area contributed by atoms with Crippen LogP contribution < -0.4 is 14.8 Å². The molecule has 0 saturated heterocycles. The third kappa shape index (κ3) is 3.15. The summed E-state index contributed by atoms with van der Waals surface area (Å²) in [5.74, 6) is 1.50. The lowest BCUT2D eigenvalue weighted by molar-refractivity contribution is 0.171. The van der Waals surface area contributed by atoms with Crippen LogP contribution in [-0.2, 0) is 6.42 Å². The number of hydrogen-bond acceptors (Lipinski definition) is 3. The highest BCUT2D eigenvalue weighted by Crippen LogP contribution is 2.33. The zero-order valence-corrected chi connectivity index (χ0v) is 11.2. The van der Waals surface area contributed by atoms with Crippen LogP contribution in [0.4, 0.5) is 4.79 Å². The van der Waals surface area contributed by atoms with Gasteiger partial charge in [0.05, 0.1) is 0 Å². The van der Waals surface area contributed by atoms with E-state index in [9.17, 15) is 4.79 Å². The molecule has 0 unspecified atom stereocenters. The topological polar surface area (TPSA) is 67.8 Å². The molecule has 1 heterocycles. The van der Waals surface area contributed by atoms with Gasteiger partial charge in [-0.1, -0.05) is 0 Å². The van der Waals surface area contributed by atoms with Crippen LogP contribution in [0.3, 0.4) is 0 Å². The lowest BCUT2D eigenvalue weighted by Crippen LogP contribution is -2.23. The highest BCUT2D eigenvalue weighted by molar-refractivity contribution is 14.1. The molecule has 2 N–H and O–H groups in total. The molecule has 0 bridgehead atoms. The first kappa shape index (κ1) is 12.3. The number of hydrogen-bond donors (Lipinski definition) is 2. The molecular formula is C11H12INO4. The lowest BCUT2D eigenvalue weighted by Gasteiger charge is -2.20. The Hall–Kier alpha value is -1.18. The molecule has 1 aromatic rings. The number of rotatable bonds is 3. The molecule has 5 nitrogen and oxygen atoms in total. The molecule has 92 valence electrons. The van der Waals surface area contributed by atoms with E-state index in [1.165, 1.54) is 0 Å². The molecule has 1 amide bonds. The van der Waals surface area contributed by atoms with Gasteiger partial charge in [-0.25, -0.2) is 4.79 Å². The highest BCUT2D eigenvalue weighted by atomic mass is 127. The van der Waals surface area contributed by atoms with Crippen molar-refractivity contribution in [2.24, 2.45) is 0 Å². The molecule has 2 rings (SSSR count). The quantitative estimate of drug-likeness (QED) is 0.818. The standard InChI is InChI=1S/C11H12INO4/c12-8-6-10-9(16-3-4-17-10)5-7(8)1-2-13-11(14)15/h5-6,13H,1-4H2,(H,14,15). The second kappa shape index (κ2) is 5.44. The first-order chi connectivity index (χ1) is 8.16. The molecule has 0 aromatic heterocycles. The minimum absolute atomic E-state index is 0.394. The smallest absolute Gasteiger partial charge is 0.404 e. The van der Waals surface area contributed by atoms with Crippen LogP contribution in [0, 0.1) is 3.57 Å². The minimum atomic E-state index is -1.00. The van der Waals surface area contributed by atoms with Crippen molar-refractivity contribution < 1.29 is 19.4 Å². The van der Waals surface area contributed by atoms with Gasteiger partial charge in [0.1, 0.15) is 13.2 Å². The SMILES string of the molecule is O=C(O)NCCc1cc2c(cc1I)OCCO2. The number of carboxylic acid groups (broad SMARTS) is 1. The molecule has 17 heavy (non-hydrogen) atoms. The predicted octanol–water partition coefficient (Wildman–Crippen LogP) is 1.87. The third-order valence-electron chi connectivity index (χ3n) is 2.38. The summed E-state index contributed by atoms with van der Waals surface area (Å²) >= 11 is 2.21. The van der Waals surface area contributed by atoms with Crippen molar-refractivity contribution in [1.82, 2.24) is 5.32 Å². The van der Waals surface area contributed by atoms with Crippen molar-refractivity contribution >= 4 is 28.7 Å². The third-order valence-corrected chi connectivity index (χ3v) is 3.39. The van der Waals surface area contributed by atoms with E-state index in [4.69, 9.17) is 14.6 Å². The maximum Gasteiger partial charge on any atom is 0.404 e.